The van der Waals surface area contributed by atoms with Crippen molar-refractivity contribution in [1.29, 1.82) is 0 Å². The normalized spacial score (nSPS) is 17.1. The minimum absolute atomic E-state index is 0.0790. The van der Waals surface area contributed by atoms with Gasteiger partial charge in [-0.2, -0.15) is 0 Å². The van der Waals surface area contributed by atoms with Crippen LogP contribution in [0.15, 0.2) is 23.5 Å². The number of carbonyl (C=O) groups is 1. The third kappa shape index (κ3) is 4.06. The van der Waals surface area contributed by atoms with Crippen LogP contribution in [0.2, 0.25) is 0 Å². The highest BCUT2D eigenvalue weighted by atomic mass is 16.5. The first kappa shape index (κ1) is 12.8. The minimum atomic E-state index is 0.0790. The zero-order valence-electron chi connectivity index (χ0n) is 9.74. The van der Waals surface area contributed by atoms with Crippen molar-refractivity contribution in [3.63, 3.8) is 0 Å². The Labute approximate surface area is 96.5 Å². The summed E-state index contributed by atoms with van der Waals surface area (Å²) in [5.41, 5.74) is 6.92. The molecule has 4 heteroatoms. The van der Waals surface area contributed by atoms with Gasteiger partial charge >= 0.3 is 0 Å². The van der Waals surface area contributed by atoms with Gasteiger partial charge in [0.05, 0.1) is 12.9 Å². The average molecular weight is 224 g/mol. The van der Waals surface area contributed by atoms with Crippen molar-refractivity contribution in [2.24, 2.45) is 5.73 Å². The topological polar surface area (TPSA) is 64.3 Å². The van der Waals surface area contributed by atoms with Crippen LogP contribution in [-0.2, 0) is 9.53 Å². The predicted octanol–water partition coefficient (Wildman–Crippen LogP) is 1.09. The summed E-state index contributed by atoms with van der Waals surface area (Å²) in [4.78, 5) is 10.3. The number of hydrogen-bond acceptors (Lipinski definition) is 3. The molecule has 0 aromatic rings. The van der Waals surface area contributed by atoms with Gasteiger partial charge in [-0.3, -0.25) is 4.79 Å². The number of allylic oxidation sites excluding steroid dienone is 3. The maximum Gasteiger partial charge on any atom is 0.207 e. The first-order valence-corrected chi connectivity index (χ1v) is 5.60. The number of amides is 1. The SMILES string of the molecule is COC1=CCC=C(CCC(CN)NC=O)C1. The number of ether oxygens (including phenoxy) is 1. The largest absolute Gasteiger partial charge is 0.501 e. The number of methoxy groups -OCH3 is 1. The summed E-state index contributed by atoms with van der Waals surface area (Å²) in [6, 6.07) is 0.0790. The number of rotatable bonds is 7. The first-order valence-electron chi connectivity index (χ1n) is 5.60. The van der Waals surface area contributed by atoms with Crippen LogP contribution in [0, 0.1) is 0 Å². The Kier molecular flexibility index (Phi) is 5.64. The van der Waals surface area contributed by atoms with E-state index >= 15 is 0 Å². The molecule has 3 N–H and O–H groups in total. The van der Waals surface area contributed by atoms with E-state index in [2.05, 4.69) is 17.5 Å². The molecule has 1 rings (SSSR count). The van der Waals surface area contributed by atoms with Crippen LogP contribution in [0.3, 0.4) is 0 Å². The Morgan fingerprint density at radius 2 is 2.44 bits per heavy atom. The fraction of sp³-hybridized carbons (Fsp3) is 0.583. The van der Waals surface area contributed by atoms with Crippen molar-refractivity contribution in [3.05, 3.63) is 23.5 Å². The molecule has 1 amide bonds. The zero-order chi connectivity index (χ0) is 11.8. The van der Waals surface area contributed by atoms with Crippen molar-refractivity contribution in [2.75, 3.05) is 13.7 Å². The Bertz CT molecular complexity index is 285. The molecule has 0 aliphatic heterocycles. The van der Waals surface area contributed by atoms with Crippen LogP contribution in [-0.4, -0.2) is 26.1 Å². The third-order valence-corrected chi connectivity index (χ3v) is 2.82. The van der Waals surface area contributed by atoms with E-state index in [0.717, 1.165) is 31.4 Å². The summed E-state index contributed by atoms with van der Waals surface area (Å²) in [5.74, 6) is 1.03. The van der Waals surface area contributed by atoms with Gasteiger partial charge in [0.15, 0.2) is 0 Å². The summed E-state index contributed by atoms with van der Waals surface area (Å²) in [5, 5.41) is 2.72. The minimum Gasteiger partial charge on any atom is -0.501 e. The van der Waals surface area contributed by atoms with Crippen molar-refractivity contribution in [1.82, 2.24) is 5.32 Å². The molecule has 4 nitrogen and oxygen atoms in total. The molecule has 1 unspecified atom stereocenters. The van der Waals surface area contributed by atoms with Crippen LogP contribution in [0.4, 0.5) is 0 Å². The molecule has 0 aromatic heterocycles. The van der Waals surface area contributed by atoms with Gasteiger partial charge < -0.3 is 15.8 Å². The lowest BCUT2D eigenvalue weighted by Crippen LogP contribution is -2.35. The van der Waals surface area contributed by atoms with Crippen molar-refractivity contribution < 1.29 is 9.53 Å². The molecule has 1 aliphatic rings. The van der Waals surface area contributed by atoms with Gasteiger partial charge in [0.1, 0.15) is 0 Å². The van der Waals surface area contributed by atoms with Gasteiger partial charge in [-0.05, 0) is 25.3 Å². The van der Waals surface area contributed by atoms with Crippen molar-refractivity contribution in [2.45, 2.75) is 31.7 Å². The van der Waals surface area contributed by atoms with Crippen LogP contribution in [0.5, 0.6) is 0 Å². The molecule has 0 spiro atoms. The highest BCUT2D eigenvalue weighted by Gasteiger charge is 2.10. The summed E-state index contributed by atoms with van der Waals surface area (Å²) < 4.78 is 5.23. The summed E-state index contributed by atoms with van der Waals surface area (Å²) in [6.07, 6.45) is 8.70. The summed E-state index contributed by atoms with van der Waals surface area (Å²) >= 11 is 0. The van der Waals surface area contributed by atoms with E-state index in [1.165, 1.54) is 5.57 Å². The standard InChI is InChI=1S/C12H20N2O2/c1-16-12-4-2-3-10(7-12)5-6-11(8-13)14-9-15/h3-4,9,11H,2,5-8,13H2,1H3,(H,14,15). The van der Waals surface area contributed by atoms with Gasteiger partial charge in [0, 0.05) is 19.0 Å². The maximum atomic E-state index is 10.3. The fourth-order valence-electron chi connectivity index (χ4n) is 1.80. The smallest absolute Gasteiger partial charge is 0.207 e. The molecular formula is C12H20N2O2. The second-order valence-electron chi connectivity index (χ2n) is 3.91. The number of nitrogens with one attached hydrogen (secondary N) is 1. The molecule has 0 aromatic carbocycles. The molecule has 1 atom stereocenters. The lowest BCUT2D eigenvalue weighted by atomic mass is 9.97. The van der Waals surface area contributed by atoms with Crippen LogP contribution in [0.1, 0.15) is 25.7 Å². The maximum absolute atomic E-state index is 10.3. The number of nitrogens with two attached hydrogens (primary N) is 1. The van der Waals surface area contributed by atoms with E-state index in [4.69, 9.17) is 10.5 Å². The molecule has 0 saturated heterocycles. The van der Waals surface area contributed by atoms with Crippen LogP contribution < -0.4 is 11.1 Å². The van der Waals surface area contributed by atoms with Gasteiger partial charge in [0.25, 0.3) is 0 Å². The monoisotopic (exact) mass is 224 g/mol. The second kappa shape index (κ2) is 7.06. The van der Waals surface area contributed by atoms with Crippen molar-refractivity contribution >= 4 is 6.41 Å². The Morgan fingerprint density at radius 1 is 1.62 bits per heavy atom. The molecule has 0 radical (unpaired) electrons. The van der Waals surface area contributed by atoms with E-state index in [-0.39, 0.29) is 6.04 Å². The molecule has 0 heterocycles. The molecule has 1 aliphatic carbocycles. The highest BCUT2D eigenvalue weighted by molar-refractivity contribution is 5.46. The zero-order valence-corrected chi connectivity index (χ0v) is 9.74. The first-order chi connectivity index (χ1) is 7.80. The lowest BCUT2D eigenvalue weighted by Gasteiger charge is -2.17. The fourth-order valence-corrected chi connectivity index (χ4v) is 1.80. The average Bonchev–Trinajstić information content (AvgIpc) is 2.34. The Hall–Kier alpha value is -1.29. The van der Waals surface area contributed by atoms with E-state index in [1.54, 1.807) is 7.11 Å². The quantitative estimate of drug-likeness (QED) is 0.502. The molecule has 0 fully saturated rings. The molecule has 0 bridgehead atoms. The number of carbonyl (C=O) groups excluding carboxylic acids is 1. The molecule has 90 valence electrons. The van der Waals surface area contributed by atoms with E-state index in [1.807, 2.05) is 0 Å². The molecular weight excluding hydrogens is 204 g/mol. The lowest BCUT2D eigenvalue weighted by molar-refractivity contribution is -0.110. The van der Waals surface area contributed by atoms with Crippen LogP contribution in [0.25, 0.3) is 0 Å². The third-order valence-electron chi connectivity index (χ3n) is 2.82. The highest BCUT2D eigenvalue weighted by Crippen LogP contribution is 2.22. The van der Waals surface area contributed by atoms with Gasteiger partial charge in [-0.25, -0.2) is 0 Å². The molecule has 16 heavy (non-hydrogen) atoms. The Balaban J connectivity index is 2.32. The van der Waals surface area contributed by atoms with E-state index in [0.29, 0.717) is 13.0 Å². The van der Waals surface area contributed by atoms with E-state index in [9.17, 15) is 4.79 Å². The number of hydrogen-bond donors (Lipinski definition) is 2. The molecule has 0 saturated carbocycles. The van der Waals surface area contributed by atoms with Gasteiger partial charge in [0.2, 0.25) is 6.41 Å². The van der Waals surface area contributed by atoms with Crippen molar-refractivity contribution in [3.8, 4) is 0 Å². The van der Waals surface area contributed by atoms with Gasteiger partial charge in [-0.1, -0.05) is 11.6 Å². The van der Waals surface area contributed by atoms with Crippen LogP contribution >= 0.6 is 0 Å². The summed E-state index contributed by atoms with van der Waals surface area (Å²) in [7, 11) is 1.70. The Morgan fingerprint density at radius 3 is 3.06 bits per heavy atom. The van der Waals surface area contributed by atoms with E-state index < -0.39 is 0 Å². The van der Waals surface area contributed by atoms with Gasteiger partial charge in [-0.15, -0.1) is 0 Å². The second-order valence-corrected chi connectivity index (χ2v) is 3.91. The summed E-state index contributed by atoms with van der Waals surface area (Å²) in [6.45, 7) is 0.485. The predicted molar refractivity (Wildman–Crippen MR) is 63.7 cm³/mol.